The van der Waals surface area contributed by atoms with Crippen molar-refractivity contribution >= 4 is 0 Å². The van der Waals surface area contributed by atoms with Gasteiger partial charge in [-0.25, -0.2) is 0 Å². The van der Waals surface area contributed by atoms with Crippen molar-refractivity contribution in [3.63, 3.8) is 0 Å². The molecule has 0 aliphatic heterocycles. The van der Waals surface area contributed by atoms with Crippen LogP contribution in [0.3, 0.4) is 0 Å². The number of hydrogen-bond acceptors (Lipinski definition) is 3. The molecule has 1 aromatic heterocycles. The summed E-state index contributed by atoms with van der Waals surface area (Å²) in [5.74, 6) is 0.629. The monoisotopic (exact) mass is 252 g/mol. The van der Waals surface area contributed by atoms with Crippen LogP contribution in [0.1, 0.15) is 30.8 Å². The third-order valence-electron chi connectivity index (χ3n) is 3.57. The molecular formula is C14H28N4. The Kier molecular flexibility index (Phi) is 5.35. The fourth-order valence-corrected chi connectivity index (χ4v) is 2.21. The Morgan fingerprint density at radius 2 is 1.89 bits per heavy atom. The standard InChI is InChI=1S/C14H28N4/c1-10(2)14(9-17(5)6)15-8-13-11(3)16-18(7)12(13)4/h10,14-15H,8-9H2,1-7H3. The average molecular weight is 252 g/mol. The zero-order valence-electron chi connectivity index (χ0n) is 12.9. The van der Waals surface area contributed by atoms with E-state index < -0.39 is 0 Å². The van der Waals surface area contributed by atoms with E-state index in [1.165, 1.54) is 11.3 Å². The molecule has 0 saturated carbocycles. The van der Waals surface area contributed by atoms with Crippen molar-refractivity contribution in [3.05, 3.63) is 17.0 Å². The SMILES string of the molecule is Cc1nn(C)c(C)c1CNC(CN(C)C)C(C)C. The van der Waals surface area contributed by atoms with Crippen LogP contribution in [0.2, 0.25) is 0 Å². The second kappa shape index (κ2) is 6.34. The van der Waals surface area contributed by atoms with Gasteiger partial charge in [-0.05, 0) is 33.9 Å². The van der Waals surface area contributed by atoms with E-state index >= 15 is 0 Å². The van der Waals surface area contributed by atoms with Crippen molar-refractivity contribution in [1.82, 2.24) is 20.0 Å². The van der Waals surface area contributed by atoms with Gasteiger partial charge in [0.2, 0.25) is 0 Å². The molecule has 1 atom stereocenters. The Bertz CT molecular complexity index is 379. The molecule has 18 heavy (non-hydrogen) atoms. The minimum Gasteiger partial charge on any atom is -0.308 e. The maximum atomic E-state index is 4.46. The first-order valence-corrected chi connectivity index (χ1v) is 6.70. The minimum absolute atomic E-state index is 0.513. The van der Waals surface area contributed by atoms with Gasteiger partial charge in [0.1, 0.15) is 0 Å². The summed E-state index contributed by atoms with van der Waals surface area (Å²) in [6.07, 6.45) is 0. The largest absolute Gasteiger partial charge is 0.308 e. The number of rotatable bonds is 6. The van der Waals surface area contributed by atoms with E-state index in [0.29, 0.717) is 12.0 Å². The van der Waals surface area contributed by atoms with E-state index in [4.69, 9.17) is 0 Å². The zero-order chi connectivity index (χ0) is 13.9. The predicted octanol–water partition coefficient (Wildman–Crippen LogP) is 1.71. The van der Waals surface area contributed by atoms with Gasteiger partial charge in [0.25, 0.3) is 0 Å². The van der Waals surface area contributed by atoms with E-state index in [1.54, 1.807) is 0 Å². The molecule has 1 rings (SSSR count). The molecule has 4 heteroatoms. The van der Waals surface area contributed by atoms with Crippen LogP contribution in [0, 0.1) is 19.8 Å². The summed E-state index contributed by atoms with van der Waals surface area (Å²) in [4.78, 5) is 2.24. The molecule has 0 spiro atoms. The summed E-state index contributed by atoms with van der Waals surface area (Å²) in [6, 6.07) is 0.513. The quantitative estimate of drug-likeness (QED) is 0.837. The molecule has 1 aromatic rings. The van der Waals surface area contributed by atoms with Gasteiger partial charge in [-0.1, -0.05) is 13.8 Å². The van der Waals surface area contributed by atoms with Crippen molar-refractivity contribution < 1.29 is 0 Å². The highest BCUT2D eigenvalue weighted by atomic mass is 15.3. The molecule has 0 aromatic carbocycles. The third-order valence-corrected chi connectivity index (χ3v) is 3.57. The number of hydrogen-bond donors (Lipinski definition) is 1. The fourth-order valence-electron chi connectivity index (χ4n) is 2.21. The second-order valence-electron chi connectivity index (χ2n) is 5.77. The van der Waals surface area contributed by atoms with E-state index in [0.717, 1.165) is 18.8 Å². The molecule has 0 aliphatic carbocycles. The first-order valence-electron chi connectivity index (χ1n) is 6.70. The van der Waals surface area contributed by atoms with Crippen LogP contribution in [-0.2, 0) is 13.6 Å². The lowest BCUT2D eigenvalue weighted by molar-refractivity contribution is 0.288. The van der Waals surface area contributed by atoms with Gasteiger partial charge in [0, 0.05) is 37.4 Å². The molecule has 0 bridgehead atoms. The van der Waals surface area contributed by atoms with E-state index in [-0.39, 0.29) is 0 Å². The maximum absolute atomic E-state index is 4.46. The summed E-state index contributed by atoms with van der Waals surface area (Å²) < 4.78 is 1.96. The number of aryl methyl sites for hydroxylation is 2. The normalized spacial score (nSPS) is 13.6. The van der Waals surface area contributed by atoms with Crippen molar-refractivity contribution in [2.45, 2.75) is 40.3 Å². The molecule has 0 fully saturated rings. The number of likely N-dealkylation sites (N-methyl/N-ethyl adjacent to an activating group) is 1. The summed E-state index contributed by atoms with van der Waals surface area (Å²) in [5, 5.41) is 8.13. The van der Waals surface area contributed by atoms with Crippen molar-refractivity contribution in [1.29, 1.82) is 0 Å². The van der Waals surface area contributed by atoms with Crippen LogP contribution in [0.15, 0.2) is 0 Å². The third kappa shape index (κ3) is 3.82. The van der Waals surface area contributed by atoms with E-state index in [9.17, 15) is 0 Å². The minimum atomic E-state index is 0.513. The summed E-state index contributed by atoms with van der Waals surface area (Å²) in [5.41, 5.74) is 3.73. The van der Waals surface area contributed by atoms with Crippen LogP contribution < -0.4 is 5.32 Å². The highest BCUT2D eigenvalue weighted by Gasteiger charge is 2.16. The smallest absolute Gasteiger partial charge is 0.0641 e. The molecule has 1 heterocycles. The van der Waals surface area contributed by atoms with Crippen LogP contribution >= 0.6 is 0 Å². The van der Waals surface area contributed by atoms with E-state index in [1.807, 2.05) is 11.7 Å². The molecule has 4 nitrogen and oxygen atoms in total. The Morgan fingerprint density at radius 1 is 1.28 bits per heavy atom. The lowest BCUT2D eigenvalue weighted by Gasteiger charge is -2.25. The van der Waals surface area contributed by atoms with Crippen molar-refractivity contribution in [2.24, 2.45) is 13.0 Å². The molecule has 1 N–H and O–H groups in total. The highest BCUT2D eigenvalue weighted by molar-refractivity contribution is 5.24. The van der Waals surface area contributed by atoms with Gasteiger partial charge in [-0.15, -0.1) is 0 Å². The van der Waals surface area contributed by atoms with Gasteiger partial charge in [0.15, 0.2) is 0 Å². The first kappa shape index (κ1) is 15.2. The van der Waals surface area contributed by atoms with Gasteiger partial charge in [-0.2, -0.15) is 5.10 Å². The Hall–Kier alpha value is -0.870. The average Bonchev–Trinajstić information content (AvgIpc) is 2.48. The maximum Gasteiger partial charge on any atom is 0.0641 e. The van der Waals surface area contributed by atoms with Gasteiger partial charge in [0.05, 0.1) is 5.69 Å². The molecule has 0 saturated heterocycles. The van der Waals surface area contributed by atoms with Gasteiger partial charge >= 0.3 is 0 Å². The molecule has 0 aliphatic rings. The predicted molar refractivity (Wildman–Crippen MR) is 76.7 cm³/mol. The lowest BCUT2D eigenvalue weighted by Crippen LogP contribution is -2.41. The topological polar surface area (TPSA) is 33.1 Å². The second-order valence-corrected chi connectivity index (χ2v) is 5.77. The molecule has 0 radical (unpaired) electrons. The molecule has 0 amide bonds. The first-order chi connectivity index (χ1) is 8.32. The molecular weight excluding hydrogens is 224 g/mol. The van der Waals surface area contributed by atoms with Crippen LogP contribution in [0.25, 0.3) is 0 Å². The van der Waals surface area contributed by atoms with Crippen molar-refractivity contribution in [2.75, 3.05) is 20.6 Å². The molecule has 104 valence electrons. The van der Waals surface area contributed by atoms with Gasteiger partial charge in [-0.3, -0.25) is 4.68 Å². The Balaban J connectivity index is 2.67. The Labute approximate surface area is 111 Å². The number of nitrogens with zero attached hydrogens (tertiary/aromatic N) is 3. The summed E-state index contributed by atoms with van der Waals surface area (Å²) in [6.45, 7) is 10.7. The lowest BCUT2D eigenvalue weighted by atomic mass is 10.0. The van der Waals surface area contributed by atoms with E-state index in [2.05, 4.69) is 57.1 Å². The van der Waals surface area contributed by atoms with Crippen LogP contribution in [0.5, 0.6) is 0 Å². The van der Waals surface area contributed by atoms with Crippen LogP contribution in [-0.4, -0.2) is 41.4 Å². The van der Waals surface area contributed by atoms with Gasteiger partial charge < -0.3 is 10.2 Å². The zero-order valence-corrected chi connectivity index (χ0v) is 12.9. The number of aromatic nitrogens is 2. The summed E-state index contributed by atoms with van der Waals surface area (Å²) >= 11 is 0. The van der Waals surface area contributed by atoms with Crippen LogP contribution in [0.4, 0.5) is 0 Å². The number of nitrogens with one attached hydrogen (secondary N) is 1. The molecule has 1 unspecified atom stereocenters. The highest BCUT2D eigenvalue weighted by Crippen LogP contribution is 2.12. The fraction of sp³-hybridized carbons (Fsp3) is 0.786. The van der Waals surface area contributed by atoms with Crippen molar-refractivity contribution in [3.8, 4) is 0 Å². The Morgan fingerprint density at radius 3 is 2.28 bits per heavy atom. The summed E-state index contributed by atoms with van der Waals surface area (Å²) in [7, 11) is 6.25.